The lowest BCUT2D eigenvalue weighted by atomic mass is 10.1. The number of carboxylic acids is 1. The van der Waals surface area contributed by atoms with Gasteiger partial charge in [0.25, 0.3) is 0 Å². The standard InChI is InChI=1S/C25H24N2O3/c1-18-3-14-23(27-24(18)25(29)30)22-12-10-20(11-13-22)5-4-19-6-8-21(9-7-19)17-26-15-2-16-28/h3,6-14,26,28H,2,15-17H2,1H3,(H,29,30). The van der Waals surface area contributed by atoms with Crippen molar-refractivity contribution in [3.05, 3.63) is 88.6 Å². The van der Waals surface area contributed by atoms with Crippen LogP contribution in [0.5, 0.6) is 0 Å². The summed E-state index contributed by atoms with van der Waals surface area (Å²) >= 11 is 0. The summed E-state index contributed by atoms with van der Waals surface area (Å²) in [5.74, 6) is 5.28. The van der Waals surface area contributed by atoms with Crippen LogP contribution in [0, 0.1) is 18.8 Å². The molecule has 3 aromatic rings. The molecule has 0 saturated heterocycles. The molecule has 0 aliphatic rings. The zero-order valence-electron chi connectivity index (χ0n) is 16.9. The molecule has 5 nitrogen and oxygen atoms in total. The van der Waals surface area contributed by atoms with Gasteiger partial charge in [0.1, 0.15) is 0 Å². The molecule has 2 aromatic carbocycles. The Morgan fingerprint density at radius 3 is 2.20 bits per heavy atom. The maximum atomic E-state index is 11.3. The minimum Gasteiger partial charge on any atom is -0.477 e. The number of aliphatic hydroxyl groups is 1. The number of aromatic carboxylic acids is 1. The predicted octanol–water partition coefficient (Wildman–Crippen LogP) is 3.63. The van der Waals surface area contributed by atoms with E-state index in [2.05, 4.69) is 22.1 Å². The third-order valence-electron chi connectivity index (χ3n) is 4.63. The molecule has 0 atom stereocenters. The van der Waals surface area contributed by atoms with Gasteiger partial charge in [-0.05, 0) is 61.3 Å². The van der Waals surface area contributed by atoms with Crippen molar-refractivity contribution in [3.63, 3.8) is 0 Å². The molecule has 0 spiro atoms. The number of aryl methyl sites for hydroxylation is 1. The summed E-state index contributed by atoms with van der Waals surface area (Å²) in [5, 5.41) is 21.3. The first kappa shape index (κ1) is 21.3. The van der Waals surface area contributed by atoms with Gasteiger partial charge in [-0.25, -0.2) is 9.78 Å². The fraction of sp³-hybridized carbons (Fsp3) is 0.200. The number of hydrogen-bond acceptors (Lipinski definition) is 4. The van der Waals surface area contributed by atoms with Gasteiger partial charge < -0.3 is 15.5 Å². The maximum absolute atomic E-state index is 11.3. The van der Waals surface area contributed by atoms with Crippen LogP contribution in [-0.2, 0) is 6.54 Å². The normalized spacial score (nSPS) is 10.3. The van der Waals surface area contributed by atoms with Crippen molar-refractivity contribution in [3.8, 4) is 23.1 Å². The number of nitrogens with one attached hydrogen (secondary N) is 1. The van der Waals surface area contributed by atoms with Crippen molar-refractivity contribution < 1.29 is 15.0 Å². The summed E-state index contributed by atoms with van der Waals surface area (Å²) in [6.07, 6.45) is 0.753. The van der Waals surface area contributed by atoms with Crippen LogP contribution in [0.25, 0.3) is 11.3 Å². The number of pyridine rings is 1. The Kier molecular flexibility index (Phi) is 7.34. The molecule has 0 amide bonds. The molecular formula is C25H24N2O3. The van der Waals surface area contributed by atoms with E-state index in [9.17, 15) is 9.90 Å². The highest BCUT2D eigenvalue weighted by atomic mass is 16.4. The summed E-state index contributed by atoms with van der Waals surface area (Å²) in [5.41, 5.74) is 5.17. The number of carboxylic acid groups (broad SMARTS) is 1. The SMILES string of the molecule is Cc1ccc(-c2ccc(C#Cc3ccc(CNCCCO)cc3)cc2)nc1C(=O)O. The van der Waals surface area contributed by atoms with E-state index in [0.29, 0.717) is 11.3 Å². The van der Waals surface area contributed by atoms with Crippen LogP contribution in [0.3, 0.4) is 0 Å². The van der Waals surface area contributed by atoms with Gasteiger partial charge in [-0.3, -0.25) is 0 Å². The average Bonchev–Trinajstić information content (AvgIpc) is 2.77. The van der Waals surface area contributed by atoms with Crippen LogP contribution in [0.2, 0.25) is 0 Å². The molecule has 1 heterocycles. The molecule has 0 bridgehead atoms. The van der Waals surface area contributed by atoms with E-state index < -0.39 is 5.97 Å². The van der Waals surface area contributed by atoms with E-state index in [1.807, 2.05) is 54.6 Å². The van der Waals surface area contributed by atoms with E-state index in [1.165, 1.54) is 5.56 Å². The van der Waals surface area contributed by atoms with Crippen molar-refractivity contribution in [2.45, 2.75) is 19.9 Å². The van der Waals surface area contributed by atoms with E-state index in [0.717, 1.165) is 36.2 Å². The lowest BCUT2D eigenvalue weighted by Gasteiger charge is -2.05. The number of hydrogen-bond donors (Lipinski definition) is 3. The Morgan fingerprint density at radius 2 is 1.60 bits per heavy atom. The summed E-state index contributed by atoms with van der Waals surface area (Å²) < 4.78 is 0. The highest BCUT2D eigenvalue weighted by Crippen LogP contribution is 2.19. The van der Waals surface area contributed by atoms with E-state index in [-0.39, 0.29) is 12.3 Å². The third-order valence-corrected chi connectivity index (χ3v) is 4.63. The zero-order chi connectivity index (χ0) is 21.3. The van der Waals surface area contributed by atoms with Crippen LogP contribution >= 0.6 is 0 Å². The molecule has 3 N–H and O–H groups in total. The second-order valence-electron chi connectivity index (χ2n) is 6.95. The van der Waals surface area contributed by atoms with Gasteiger partial charge in [0, 0.05) is 29.8 Å². The molecule has 0 radical (unpaired) electrons. The quantitative estimate of drug-likeness (QED) is 0.417. The monoisotopic (exact) mass is 400 g/mol. The Balaban J connectivity index is 1.66. The summed E-state index contributed by atoms with van der Waals surface area (Å²) in [6.45, 7) is 3.50. The van der Waals surface area contributed by atoms with Crippen molar-refractivity contribution in [2.75, 3.05) is 13.2 Å². The Labute approximate surface area is 176 Å². The Hall–Kier alpha value is -3.46. The maximum Gasteiger partial charge on any atom is 0.354 e. The number of aromatic nitrogens is 1. The van der Waals surface area contributed by atoms with Crippen LogP contribution < -0.4 is 5.32 Å². The first-order chi connectivity index (χ1) is 14.6. The molecule has 1 aromatic heterocycles. The van der Waals surface area contributed by atoms with Gasteiger partial charge in [0.2, 0.25) is 0 Å². The van der Waals surface area contributed by atoms with Crippen LogP contribution in [0.15, 0.2) is 60.7 Å². The first-order valence-electron chi connectivity index (χ1n) is 9.81. The molecule has 152 valence electrons. The molecule has 3 rings (SSSR count). The summed E-state index contributed by atoms with van der Waals surface area (Å²) in [7, 11) is 0. The average molecular weight is 400 g/mol. The molecule has 5 heteroatoms. The Morgan fingerprint density at radius 1 is 0.967 bits per heavy atom. The minimum absolute atomic E-state index is 0.0726. The van der Waals surface area contributed by atoms with Crippen molar-refractivity contribution in [2.24, 2.45) is 0 Å². The fourth-order valence-electron chi connectivity index (χ4n) is 2.92. The minimum atomic E-state index is -1.02. The molecule has 0 fully saturated rings. The number of aliphatic hydroxyl groups excluding tert-OH is 1. The second-order valence-corrected chi connectivity index (χ2v) is 6.95. The molecule has 0 saturated carbocycles. The molecule has 0 unspecified atom stereocenters. The molecule has 0 aliphatic heterocycles. The molecular weight excluding hydrogens is 376 g/mol. The molecule has 30 heavy (non-hydrogen) atoms. The predicted molar refractivity (Wildman–Crippen MR) is 117 cm³/mol. The largest absolute Gasteiger partial charge is 0.477 e. The highest BCUT2D eigenvalue weighted by molar-refractivity contribution is 5.87. The van der Waals surface area contributed by atoms with Crippen molar-refractivity contribution in [1.82, 2.24) is 10.3 Å². The van der Waals surface area contributed by atoms with Gasteiger partial charge in [-0.2, -0.15) is 0 Å². The highest BCUT2D eigenvalue weighted by Gasteiger charge is 2.10. The van der Waals surface area contributed by atoms with E-state index in [4.69, 9.17) is 5.11 Å². The van der Waals surface area contributed by atoms with Gasteiger partial charge in [0.15, 0.2) is 5.69 Å². The Bertz CT molecular complexity index is 1060. The van der Waals surface area contributed by atoms with Crippen LogP contribution in [0.1, 0.15) is 39.2 Å². The zero-order valence-corrected chi connectivity index (χ0v) is 16.9. The van der Waals surface area contributed by atoms with Gasteiger partial charge in [-0.15, -0.1) is 0 Å². The lowest BCUT2D eigenvalue weighted by molar-refractivity contribution is 0.0689. The number of rotatable bonds is 7. The smallest absolute Gasteiger partial charge is 0.354 e. The topological polar surface area (TPSA) is 82.5 Å². The van der Waals surface area contributed by atoms with Crippen molar-refractivity contribution >= 4 is 5.97 Å². The van der Waals surface area contributed by atoms with E-state index in [1.54, 1.807) is 13.0 Å². The van der Waals surface area contributed by atoms with Crippen molar-refractivity contribution in [1.29, 1.82) is 0 Å². The van der Waals surface area contributed by atoms with Crippen LogP contribution in [0.4, 0.5) is 0 Å². The molecule has 0 aliphatic carbocycles. The van der Waals surface area contributed by atoms with Crippen LogP contribution in [-0.4, -0.2) is 34.3 Å². The lowest BCUT2D eigenvalue weighted by Crippen LogP contribution is -2.15. The number of carbonyl (C=O) groups is 1. The fourth-order valence-corrected chi connectivity index (χ4v) is 2.92. The third kappa shape index (κ3) is 5.77. The second kappa shape index (κ2) is 10.4. The number of nitrogens with zero attached hydrogens (tertiary/aromatic N) is 1. The van der Waals surface area contributed by atoms with Gasteiger partial charge in [0.05, 0.1) is 5.69 Å². The van der Waals surface area contributed by atoms with Gasteiger partial charge >= 0.3 is 5.97 Å². The van der Waals surface area contributed by atoms with Gasteiger partial charge in [-0.1, -0.05) is 42.2 Å². The van der Waals surface area contributed by atoms with E-state index >= 15 is 0 Å². The summed E-state index contributed by atoms with van der Waals surface area (Å²) in [4.78, 5) is 15.5. The summed E-state index contributed by atoms with van der Waals surface area (Å²) in [6, 6.07) is 19.3. The first-order valence-corrected chi connectivity index (χ1v) is 9.81. The number of benzene rings is 2.